The van der Waals surface area contributed by atoms with E-state index in [2.05, 4.69) is 26.8 Å². The van der Waals surface area contributed by atoms with Gasteiger partial charge in [0.15, 0.2) is 12.7 Å². The van der Waals surface area contributed by atoms with Crippen LogP contribution in [-0.2, 0) is 9.59 Å². The van der Waals surface area contributed by atoms with E-state index < -0.39 is 17.9 Å². The van der Waals surface area contributed by atoms with E-state index in [1.165, 1.54) is 0 Å². The van der Waals surface area contributed by atoms with Gasteiger partial charge in [0.05, 0.1) is 0 Å². The van der Waals surface area contributed by atoms with Crippen LogP contribution in [0.15, 0.2) is 53.0 Å². The van der Waals surface area contributed by atoms with Crippen molar-refractivity contribution in [2.45, 2.75) is 20.0 Å². The number of hydrogen-bond donors (Lipinski definition) is 2. The Hall–Kier alpha value is -2.54. The highest BCUT2D eigenvalue weighted by Gasteiger charge is 2.15. The largest absolute Gasteiger partial charge is 0.483 e. The maximum Gasteiger partial charge on any atom is 0.279 e. The number of carbonyl (C=O) groups excluding carboxylic acids is 2. The first kappa shape index (κ1) is 18.8. The quantitative estimate of drug-likeness (QED) is 0.723. The van der Waals surface area contributed by atoms with Crippen molar-refractivity contribution >= 4 is 27.7 Å². The van der Waals surface area contributed by atoms with Gasteiger partial charge in [-0.3, -0.25) is 20.4 Å². The summed E-state index contributed by atoms with van der Waals surface area (Å²) < 4.78 is 11.8. The van der Waals surface area contributed by atoms with E-state index in [0.717, 1.165) is 10.0 Å². The number of aryl methyl sites for hydroxylation is 1. The molecule has 1 atom stereocenters. The van der Waals surface area contributed by atoms with Crippen molar-refractivity contribution in [3.63, 3.8) is 0 Å². The molecule has 0 radical (unpaired) electrons. The van der Waals surface area contributed by atoms with E-state index in [4.69, 9.17) is 9.47 Å². The predicted octanol–water partition coefficient (Wildman–Crippen LogP) is 2.75. The molecule has 2 rings (SSSR count). The van der Waals surface area contributed by atoms with Crippen LogP contribution in [0, 0.1) is 6.92 Å². The molecule has 0 fully saturated rings. The fourth-order valence-corrected chi connectivity index (χ4v) is 2.31. The number of hydrogen-bond acceptors (Lipinski definition) is 4. The van der Waals surface area contributed by atoms with Gasteiger partial charge in [-0.2, -0.15) is 0 Å². The molecule has 0 aliphatic rings. The standard InChI is InChI=1S/C18H19BrN2O4/c1-12-6-3-4-9-16(12)24-11-17(22)20-21-18(23)13(2)25-15-8-5-7-14(19)10-15/h3-10,13H,11H2,1-2H3,(H,20,22)(H,21,23). The number of para-hydroxylation sites is 1. The first-order valence-corrected chi connectivity index (χ1v) is 8.44. The lowest BCUT2D eigenvalue weighted by molar-refractivity contribution is -0.133. The number of benzene rings is 2. The second-order valence-corrected chi connectivity index (χ2v) is 6.22. The average Bonchev–Trinajstić information content (AvgIpc) is 2.59. The average molecular weight is 407 g/mol. The van der Waals surface area contributed by atoms with E-state index >= 15 is 0 Å². The van der Waals surface area contributed by atoms with Crippen LogP contribution in [-0.4, -0.2) is 24.5 Å². The van der Waals surface area contributed by atoms with Crippen LogP contribution in [0.1, 0.15) is 12.5 Å². The van der Waals surface area contributed by atoms with Gasteiger partial charge in [-0.05, 0) is 43.7 Å². The second kappa shape index (κ2) is 9.08. The number of halogens is 1. The highest BCUT2D eigenvalue weighted by Crippen LogP contribution is 2.19. The zero-order valence-corrected chi connectivity index (χ0v) is 15.5. The summed E-state index contributed by atoms with van der Waals surface area (Å²) >= 11 is 3.33. The van der Waals surface area contributed by atoms with Crippen LogP contribution in [0.3, 0.4) is 0 Å². The summed E-state index contributed by atoms with van der Waals surface area (Å²) in [5.41, 5.74) is 5.54. The van der Waals surface area contributed by atoms with Gasteiger partial charge in [0.1, 0.15) is 11.5 Å². The van der Waals surface area contributed by atoms with Crippen molar-refractivity contribution in [1.29, 1.82) is 0 Å². The van der Waals surface area contributed by atoms with Gasteiger partial charge in [0.25, 0.3) is 11.8 Å². The molecule has 6 nitrogen and oxygen atoms in total. The summed E-state index contributed by atoms with van der Waals surface area (Å²) in [4.78, 5) is 23.7. The molecule has 0 spiro atoms. The molecule has 132 valence electrons. The van der Waals surface area contributed by atoms with Crippen LogP contribution in [0.2, 0.25) is 0 Å². The molecule has 2 aromatic carbocycles. The van der Waals surface area contributed by atoms with Crippen LogP contribution >= 0.6 is 15.9 Å². The maximum atomic E-state index is 12.0. The van der Waals surface area contributed by atoms with Crippen molar-refractivity contribution in [3.8, 4) is 11.5 Å². The molecule has 7 heteroatoms. The Balaban J connectivity index is 1.75. The summed E-state index contributed by atoms with van der Waals surface area (Å²) in [5.74, 6) is 0.233. The third-order valence-corrected chi connectivity index (χ3v) is 3.75. The predicted molar refractivity (Wildman–Crippen MR) is 97.2 cm³/mol. The Morgan fingerprint density at radius 3 is 2.60 bits per heavy atom. The number of rotatable bonds is 6. The molecule has 2 N–H and O–H groups in total. The fraction of sp³-hybridized carbons (Fsp3) is 0.222. The minimum Gasteiger partial charge on any atom is -0.483 e. The summed E-state index contributed by atoms with van der Waals surface area (Å²) in [7, 11) is 0. The molecule has 0 aliphatic heterocycles. The van der Waals surface area contributed by atoms with E-state index in [9.17, 15) is 9.59 Å². The van der Waals surface area contributed by atoms with Crippen molar-refractivity contribution in [1.82, 2.24) is 10.9 Å². The minimum absolute atomic E-state index is 0.202. The summed E-state index contributed by atoms with van der Waals surface area (Å²) in [6.07, 6.45) is -0.771. The fourth-order valence-electron chi connectivity index (χ4n) is 1.93. The molecular weight excluding hydrogens is 388 g/mol. The topological polar surface area (TPSA) is 76.7 Å². The monoisotopic (exact) mass is 406 g/mol. The summed E-state index contributed by atoms with van der Waals surface area (Å²) in [6, 6.07) is 14.5. The summed E-state index contributed by atoms with van der Waals surface area (Å²) in [6.45, 7) is 3.27. The molecule has 2 amide bonds. The van der Waals surface area contributed by atoms with Gasteiger partial charge >= 0.3 is 0 Å². The summed E-state index contributed by atoms with van der Waals surface area (Å²) in [5, 5.41) is 0. The second-order valence-electron chi connectivity index (χ2n) is 5.31. The van der Waals surface area contributed by atoms with E-state index in [-0.39, 0.29) is 6.61 Å². The SMILES string of the molecule is Cc1ccccc1OCC(=O)NNC(=O)C(C)Oc1cccc(Br)c1. The molecule has 2 aromatic rings. The van der Waals surface area contributed by atoms with Gasteiger partial charge in [-0.15, -0.1) is 0 Å². The number of carbonyl (C=O) groups is 2. The van der Waals surface area contributed by atoms with Crippen molar-refractivity contribution in [2.75, 3.05) is 6.61 Å². The normalized spacial score (nSPS) is 11.3. The van der Waals surface area contributed by atoms with E-state index in [1.54, 1.807) is 31.2 Å². The minimum atomic E-state index is -0.771. The third kappa shape index (κ3) is 6.11. The molecule has 0 bridgehead atoms. The molecule has 25 heavy (non-hydrogen) atoms. The Morgan fingerprint density at radius 2 is 1.88 bits per heavy atom. The molecule has 1 unspecified atom stereocenters. The Bertz CT molecular complexity index is 751. The lowest BCUT2D eigenvalue weighted by atomic mass is 10.2. The first-order valence-electron chi connectivity index (χ1n) is 7.65. The van der Waals surface area contributed by atoms with Gasteiger partial charge in [-0.1, -0.05) is 40.2 Å². The molecule has 0 saturated carbocycles. The highest BCUT2D eigenvalue weighted by atomic mass is 79.9. The first-order chi connectivity index (χ1) is 12.0. The molecular formula is C18H19BrN2O4. The Labute approximate surface area is 154 Å². The van der Waals surface area contributed by atoms with Crippen molar-refractivity contribution < 1.29 is 19.1 Å². The lowest BCUT2D eigenvalue weighted by Crippen LogP contribution is -2.48. The van der Waals surface area contributed by atoms with Crippen molar-refractivity contribution in [3.05, 3.63) is 58.6 Å². The van der Waals surface area contributed by atoms with Gasteiger partial charge in [-0.25, -0.2) is 0 Å². The zero-order chi connectivity index (χ0) is 18.2. The highest BCUT2D eigenvalue weighted by molar-refractivity contribution is 9.10. The number of hydrazine groups is 1. The van der Waals surface area contributed by atoms with Gasteiger partial charge < -0.3 is 9.47 Å². The third-order valence-electron chi connectivity index (χ3n) is 3.26. The van der Waals surface area contributed by atoms with Crippen LogP contribution in [0.4, 0.5) is 0 Å². The molecule has 0 saturated heterocycles. The Kier molecular flexibility index (Phi) is 6.82. The van der Waals surface area contributed by atoms with Crippen LogP contribution < -0.4 is 20.3 Å². The van der Waals surface area contributed by atoms with Gasteiger partial charge in [0, 0.05) is 4.47 Å². The Morgan fingerprint density at radius 1 is 1.12 bits per heavy atom. The van der Waals surface area contributed by atoms with Crippen molar-refractivity contribution in [2.24, 2.45) is 0 Å². The van der Waals surface area contributed by atoms with E-state index in [0.29, 0.717) is 11.5 Å². The molecule has 0 heterocycles. The van der Waals surface area contributed by atoms with E-state index in [1.807, 2.05) is 31.2 Å². The smallest absolute Gasteiger partial charge is 0.279 e. The number of amides is 2. The number of nitrogens with one attached hydrogen (secondary N) is 2. The van der Waals surface area contributed by atoms with Crippen LogP contribution in [0.25, 0.3) is 0 Å². The zero-order valence-electron chi connectivity index (χ0n) is 13.9. The number of ether oxygens (including phenoxy) is 2. The molecule has 0 aromatic heterocycles. The maximum absolute atomic E-state index is 12.0. The lowest BCUT2D eigenvalue weighted by Gasteiger charge is -2.15. The molecule has 0 aliphatic carbocycles. The van der Waals surface area contributed by atoms with Gasteiger partial charge in [0.2, 0.25) is 0 Å². The van der Waals surface area contributed by atoms with Crippen LogP contribution in [0.5, 0.6) is 11.5 Å².